The summed E-state index contributed by atoms with van der Waals surface area (Å²) in [6.07, 6.45) is 1.39. The van der Waals surface area contributed by atoms with Crippen LogP contribution in [0.4, 0.5) is 0 Å². The third kappa shape index (κ3) is 3.43. The van der Waals surface area contributed by atoms with Gasteiger partial charge in [0, 0.05) is 18.7 Å². The molecule has 0 radical (unpaired) electrons. The number of ether oxygens (including phenoxy) is 1. The minimum atomic E-state index is -3.67. The van der Waals surface area contributed by atoms with E-state index in [0.29, 0.717) is 11.1 Å². The maximum atomic E-state index is 13.2. The maximum absolute atomic E-state index is 13.2. The molecule has 3 rings (SSSR count). The van der Waals surface area contributed by atoms with Gasteiger partial charge in [0.05, 0.1) is 11.5 Å². The van der Waals surface area contributed by atoms with Crippen LogP contribution in [0.2, 0.25) is 0 Å². The van der Waals surface area contributed by atoms with E-state index < -0.39 is 16.0 Å². The van der Waals surface area contributed by atoms with Gasteiger partial charge < -0.3 is 4.74 Å². The van der Waals surface area contributed by atoms with Crippen LogP contribution in [0.15, 0.2) is 65.6 Å². The van der Waals surface area contributed by atoms with E-state index >= 15 is 0 Å². The van der Waals surface area contributed by atoms with Gasteiger partial charge in [0.2, 0.25) is 10.0 Å². The average Bonchev–Trinajstić information content (AvgIpc) is 2.64. The van der Waals surface area contributed by atoms with Crippen molar-refractivity contribution in [3.63, 3.8) is 0 Å². The van der Waals surface area contributed by atoms with Crippen molar-refractivity contribution in [3.8, 4) is 0 Å². The Balaban J connectivity index is 2.09. The Morgan fingerprint density at radius 1 is 1.15 bits per heavy atom. The highest BCUT2D eigenvalue weighted by atomic mass is 32.2. The fraction of sp³-hybridized carbons (Fsp3) is 0.250. The van der Waals surface area contributed by atoms with Gasteiger partial charge in [0.25, 0.3) is 0 Å². The summed E-state index contributed by atoms with van der Waals surface area (Å²) in [5, 5.41) is 0. The second kappa shape index (κ2) is 7.43. The summed E-state index contributed by atoms with van der Waals surface area (Å²) in [5.74, 6) is -0.469. The molecule has 2 aromatic rings. The Morgan fingerprint density at radius 2 is 1.81 bits per heavy atom. The Labute approximate surface area is 154 Å². The Kier molecular flexibility index (Phi) is 5.25. The summed E-state index contributed by atoms with van der Waals surface area (Å²) in [6, 6.07) is 15.8. The molecule has 6 heteroatoms. The van der Waals surface area contributed by atoms with Gasteiger partial charge in [-0.25, -0.2) is 13.2 Å². The number of sulfonamides is 1. The topological polar surface area (TPSA) is 63.7 Å². The second-order valence-electron chi connectivity index (χ2n) is 6.05. The highest BCUT2D eigenvalue weighted by molar-refractivity contribution is 7.89. The van der Waals surface area contributed by atoms with Crippen molar-refractivity contribution in [2.75, 3.05) is 13.2 Å². The van der Waals surface area contributed by atoms with E-state index in [1.54, 1.807) is 31.2 Å². The zero-order chi connectivity index (χ0) is 18.7. The first kappa shape index (κ1) is 18.4. The zero-order valence-corrected chi connectivity index (χ0v) is 15.6. The fourth-order valence-corrected chi connectivity index (χ4v) is 4.94. The molecule has 1 unspecified atom stereocenters. The van der Waals surface area contributed by atoms with Crippen molar-refractivity contribution in [1.82, 2.24) is 4.31 Å². The second-order valence-corrected chi connectivity index (χ2v) is 7.91. The molecule has 0 saturated carbocycles. The summed E-state index contributed by atoms with van der Waals surface area (Å²) in [5.41, 5.74) is 2.08. The molecule has 5 nitrogen and oxygen atoms in total. The minimum Gasteiger partial charge on any atom is -0.463 e. The summed E-state index contributed by atoms with van der Waals surface area (Å²) in [7, 11) is -3.67. The van der Waals surface area contributed by atoms with Crippen LogP contribution in [-0.2, 0) is 19.6 Å². The van der Waals surface area contributed by atoms with E-state index in [0.717, 1.165) is 5.56 Å². The summed E-state index contributed by atoms with van der Waals surface area (Å²) in [4.78, 5) is 12.2. The normalized spacial score (nSPS) is 18.9. The summed E-state index contributed by atoms with van der Waals surface area (Å²) in [6.45, 7) is 3.98. The molecule has 26 heavy (non-hydrogen) atoms. The van der Waals surface area contributed by atoms with Gasteiger partial charge in [-0.15, -0.1) is 0 Å². The third-order valence-corrected chi connectivity index (χ3v) is 6.41. The van der Waals surface area contributed by atoms with Gasteiger partial charge in [-0.1, -0.05) is 48.5 Å². The van der Waals surface area contributed by atoms with Gasteiger partial charge in [-0.05, 0) is 36.6 Å². The van der Waals surface area contributed by atoms with Gasteiger partial charge in [-0.3, -0.25) is 0 Å². The number of hydrogen-bond donors (Lipinski definition) is 0. The van der Waals surface area contributed by atoms with Crippen molar-refractivity contribution < 1.29 is 17.9 Å². The molecule has 1 heterocycles. The lowest BCUT2D eigenvalue weighted by Gasteiger charge is -2.34. The number of carbonyl (C=O) groups excluding carboxylic acids is 1. The largest absolute Gasteiger partial charge is 0.463 e. The molecule has 1 atom stereocenters. The van der Waals surface area contributed by atoms with Crippen LogP contribution in [0.25, 0.3) is 5.57 Å². The number of rotatable bonds is 4. The molecular weight excluding hydrogens is 350 g/mol. The maximum Gasteiger partial charge on any atom is 0.331 e. The number of nitrogens with zero attached hydrogens (tertiary/aromatic N) is 1. The lowest BCUT2D eigenvalue weighted by atomic mass is 10.0. The van der Waals surface area contributed by atoms with Crippen molar-refractivity contribution in [3.05, 3.63) is 71.8 Å². The fourth-order valence-electron chi connectivity index (χ4n) is 3.11. The Hall–Kier alpha value is -2.44. The van der Waals surface area contributed by atoms with Gasteiger partial charge >= 0.3 is 5.97 Å². The molecule has 1 aliphatic rings. The Bertz CT molecular complexity index is 935. The molecule has 0 spiro atoms. The highest BCUT2D eigenvalue weighted by Gasteiger charge is 2.37. The average molecular weight is 371 g/mol. The van der Waals surface area contributed by atoms with Crippen LogP contribution in [0.3, 0.4) is 0 Å². The van der Waals surface area contributed by atoms with Crippen LogP contribution in [0, 0.1) is 0 Å². The lowest BCUT2D eigenvalue weighted by Crippen LogP contribution is -2.38. The quantitative estimate of drug-likeness (QED) is 0.610. The molecule has 0 fully saturated rings. The van der Waals surface area contributed by atoms with E-state index in [4.69, 9.17) is 4.74 Å². The van der Waals surface area contributed by atoms with Gasteiger partial charge in [0.15, 0.2) is 0 Å². The van der Waals surface area contributed by atoms with Crippen molar-refractivity contribution >= 4 is 21.6 Å². The molecule has 0 saturated heterocycles. The molecule has 1 aliphatic heterocycles. The molecule has 0 aromatic heterocycles. The van der Waals surface area contributed by atoms with Gasteiger partial charge in [0.1, 0.15) is 0 Å². The Morgan fingerprint density at radius 3 is 2.50 bits per heavy atom. The van der Waals surface area contributed by atoms with Crippen LogP contribution >= 0.6 is 0 Å². The van der Waals surface area contributed by atoms with E-state index in [1.807, 2.05) is 37.3 Å². The molecule has 0 N–H and O–H groups in total. The van der Waals surface area contributed by atoms with Crippen LogP contribution in [0.5, 0.6) is 0 Å². The lowest BCUT2D eigenvalue weighted by molar-refractivity contribution is -0.137. The van der Waals surface area contributed by atoms with E-state index in [-0.39, 0.29) is 24.1 Å². The highest BCUT2D eigenvalue weighted by Crippen LogP contribution is 2.37. The van der Waals surface area contributed by atoms with Crippen molar-refractivity contribution in [2.45, 2.75) is 24.8 Å². The number of carbonyl (C=O) groups is 1. The van der Waals surface area contributed by atoms with Crippen molar-refractivity contribution in [1.29, 1.82) is 0 Å². The zero-order valence-electron chi connectivity index (χ0n) is 14.8. The smallest absolute Gasteiger partial charge is 0.331 e. The van der Waals surface area contributed by atoms with E-state index in [1.165, 1.54) is 10.4 Å². The first-order valence-corrected chi connectivity index (χ1v) is 9.92. The molecule has 136 valence electrons. The summed E-state index contributed by atoms with van der Waals surface area (Å²) >= 11 is 0. The number of hydrogen-bond acceptors (Lipinski definition) is 4. The SMILES string of the molecule is CCOC(=O)/C=C1\CN(C(C)c2ccccc2)S(=O)(=O)c2ccccc21. The number of benzene rings is 2. The molecule has 0 bridgehead atoms. The van der Waals surface area contributed by atoms with Crippen LogP contribution < -0.4 is 0 Å². The van der Waals surface area contributed by atoms with Gasteiger partial charge in [-0.2, -0.15) is 4.31 Å². The first-order chi connectivity index (χ1) is 12.4. The first-order valence-electron chi connectivity index (χ1n) is 8.48. The predicted molar refractivity (Wildman–Crippen MR) is 99.8 cm³/mol. The van der Waals surface area contributed by atoms with E-state index in [9.17, 15) is 13.2 Å². The summed E-state index contributed by atoms with van der Waals surface area (Å²) < 4.78 is 32.8. The number of esters is 1. The van der Waals surface area contributed by atoms with Crippen LogP contribution in [0.1, 0.15) is 31.0 Å². The monoisotopic (exact) mass is 371 g/mol. The minimum absolute atomic E-state index is 0.119. The molecule has 0 amide bonds. The molecule has 2 aromatic carbocycles. The predicted octanol–water partition coefficient (Wildman–Crippen LogP) is 3.40. The van der Waals surface area contributed by atoms with Crippen LogP contribution in [-0.4, -0.2) is 31.8 Å². The molecule has 0 aliphatic carbocycles. The number of fused-ring (bicyclic) bond motifs is 1. The van der Waals surface area contributed by atoms with E-state index in [2.05, 4.69) is 0 Å². The standard InChI is InChI=1S/C20H21NO4S/c1-3-25-20(22)13-17-14-21(15(2)16-9-5-4-6-10-16)26(23,24)19-12-8-7-11-18(17)19/h4-13,15H,3,14H2,1-2H3/b17-13+. The molecular formula is C20H21NO4S. The third-order valence-electron chi connectivity index (χ3n) is 4.44. The van der Waals surface area contributed by atoms with Crippen molar-refractivity contribution in [2.24, 2.45) is 0 Å².